The van der Waals surface area contributed by atoms with Gasteiger partial charge in [0.1, 0.15) is 11.3 Å². The monoisotopic (exact) mass is 311 g/mol. The molecule has 0 N–H and O–H groups in total. The van der Waals surface area contributed by atoms with Gasteiger partial charge in [-0.2, -0.15) is 0 Å². The van der Waals surface area contributed by atoms with E-state index in [1.807, 2.05) is 6.92 Å². The van der Waals surface area contributed by atoms with Crippen LogP contribution in [0.2, 0.25) is 0 Å². The number of rotatable bonds is 4. The van der Waals surface area contributed by atoms with Gasteiger partial charge in [-0.25, -0.2) is 4.79 Å². The number of ether oxygens (including phenoxy) is 1. The van der Waals surface area contributed by atoms with Gasteiger partial charge in [0.05, 0.1) is 17.1 Å². The molecule has 2 aromatic carbocycles. The summed E-state index contributed by atoms with van der Waals surface area (Å²) in [4.78, 5) is 22.3. The average Bonchev–Trinajstić information content (AvgIpc) is 2.55. The minimum atomic E-state index is -0.490. The fourth-order valence-corrected chi connectivity index (χ4v) is 2.32. The molecule has 0 atom stereocenters. The molecule has 0 spiro atoms. The molecular weight excluding hydrogens is 298 g/mol. The van der Waals surface area contributed by atoms with Crippen LogP contribution in [0.5, 0.6) is 5.75 Å². The molecule has 0 fully saturated rings. The molecule has 0 aliphatic rings. The van der Waals surface area contributed by atoms with Gasteiger partial charge >= 0.3 is 5.63 Å². The number of benzene rings is 2. The van der Waals surface area contributed by atoms with Gasteiger partial charge in [0.25, 0.3) is 5.69 Å². The maximum atomic E-state index is 12.1. The van der Waals surface area contributed by atoms with Crippen LogP contribution >= 0.6 is 0 Å². The maximum Gasteiger partial charge on any atom is 0.344 e. The van der Waals surface area contributed by atoms with Gasteiger partial charge in [-0.3, -0.25) is 10.1 Å². The van der Waals surface area contributed by atoms with Crippen LogP contribution in [-0.2, 0) is 0 Å². The summed E-state index contributed by atoms with van der Waals surface area (Å²) >= 11 is 0. The number of nitrogens with zero attached hydrogens (tertiary/aromatic N) is 1. The lowest BCUT2D eigenvalue weighted by Gasteiger charge is -2.06. The Morgan fingerprint density at radius 3 is 2.52 bits per heavy atom. The first kappa shape index (κ1) is 14.8. The minimum absolute atomic E-state index is 0.0300. The smallest absolute Gasteiger partial charge is 0.344 e. The number of hydrogen-bond acceptors (Lipinski definition) is 5. The predicted molar refractivity (Wildman–Crippen MR) is 85.7 cm³/mol. The summed E-state index contributed by atoms with van der Waals surface area (Å²) in [5.74, 6) is 0.684. The fraction of sp³-hybridized carbons (Fsp3) is 0.118. The number of hydrogen-bond donors (Lipinski definition) is 0. The van der Waals surface area contributed by atoms with Crippen molar-refractivity contribution in [3.8, 4) is 16.9 Å². The molecule has 0 aliphatic heterocycles. The van der Waals surface area contributed by atoms with Gasteiger partial charge in [0, 0.05) is 17.5 Å². The van der Waals surface area contributed by atoms with Gasteiger partial charge in [0.2, 0.25) is 0 Å². The van der Waals surface area contributed by atoms with Crippen molar-refractivity contribution in [1.29, 1.82) is 0 Å². The highest BCUT2D eigenvalue weighted by atomic mass is 16.6. The molecule has 6 heteroatoms. The first-order chi connectivity index (χ1) is 11.1. The SMILES string of the molecule is CCOc1ccc2oc(=O)c(-c3ccc([N+](=O)[O-])cc3)cc2c1. The summed E-state index contributed by atoms with van der Waals surface area (Å²) in [6.45, 7) is 2.43. The molecule has 6 nitrogen and oxygen atoms in total. The minimum Gasteiger partial charge on any atom is -0.494 e. The summed E-state index contributed by atoms with van der Waals surface area (Å²) in [5, 5.41) is 11.4. The van der Waals surface area contributed by atoms with E-state index in [-0.39, 0.29) is 5.69 Å². The van der Waals surface area contributed by atoms with E-state index in [1.54, 1.807) is 24.3 Å². The second-order valence-electron chi connectivity index (χ2n) is 4.88. The zero-order chi connectivity index (χ0) is 16.4. The number of nitro benzene ring substituents is 1. The van der Waals surface area contributed by atoms with Crippen molar-refractivity contribution in [3.05, 3.63) is 69.1 Å². The van der Waals surface area contributed by atoms with E-state index in [1.165, 1.54) is 24.3 Å². The summed E-state index contributed by atoms with van der Waals surface area (Å²) in [6, 6.07) is 12.7. The molecule has 0 unspecified atom stereocenters. The van der Waals surface area contributed by atoms with Crippen molar-refractivity contribution >= 4 is 16.7 Å². The highest BCUT2D eigenvalue weighted by Gasteiger charge is 2.11. The van der Waals surface area contributed by atoms with Gasteiger partial charge < -0.3 is 9.15 Å². The quantitative estimate of drug-likeness (QED) is 0.416. The van der Waals surface area contributed by atoms with E-state index in [9.17, 15) is 14.9 Å². The van der Waals surface area contributed by atoms with Crippen molar-refractivity contribution in [2.75, 3.05) is 6.61 Å². The van der Waals surface area contributed by atoms with Crippen molar-refractivity contribution in [2.45, 2.75) is 6.92 Å². The zero-order valence-electron chi connectivity index (χ0n) is 12.3. The molecule has 1 aromatic heterocycles. The number of fused-ring (bicyclic) bond motifs is 1. The van der Waals surface area contributed by atoms with Gasteiger partial charge in [-0.05, 0) is 48.9 Å². The molecule has 0 radical (unpaired) electrons. The third-order valence-corrected chi connectivity index (χ3v) is 3.40. The average molecular weight is 311 g/mol. The molecule has 0 saturated heterocycles. The molecule has 3 aromatic rings. The standard InChI is InChI=1S/C17H13NO5/c1-2-22-14-7-8-16-12(9-14)10-15(17(19)23-16)11-3-5-13(6-4-11)18(20)21/h3-10H,2H2,1H3. The third-order valence-electron chi connectivity index (χ3n) is 3.40. The van der Waals surface area contributed by atoms with Crippen LogP contribution in [0, 0.1) is 10.1 Å². The number of non-ortho nitro benzene ring substituents is 1. The second kappa shape index (κ2) is 5.92. The van der Waals surface area contributed by atoms with Crippen LogP contribution in [-0.4, -0.2) is 11.5 Å². The molecule has 3 rings (SSSR count). The third kappa shape index (κ3) is 2.91. The molecule has 0 aliphatic carbocycles. The Labute approximate surface area is 131 Å². The van der Waals surface area contributed by atoms with Crippen molar-refractivity contribution in [3.63, 3.8) is 0 Å². The van der Waals surface area contributed by atoms with Crippen LogP contribution in [0.15, 0.2) is 57.7 Å². The van der Waals surface area contributed by atoms with Crippen LogP contribution in [0.3, 0.4) is 0 Å². The predicted octanol–water partition coefficient (Wildman–Crippen LogP) is 3.77. The largest absolute Gasteiger partial charge is 0.494 e. The van der Waals surface area contributed by atoms with E-state index < -0.39 is 10.5 Å². The van der Waals surface area contributed by atoms with Crippen molar-refractivity contribution in [1.82, 2.24) is 0 Å². The van der Waals surface area contributed by atoms with Crippen LogP contribution < -0.4 is 10.4 Å². The van der Waals surface area contributed by atoms with Crippen LogP contribution in [0.25, 0.3) is 22.1 Å². The second-order valence-corrected chi connectivity index (χ2v) is 4.88. The zero-order valence-corrected chi connectivity index (χ0v) is 12.3. The molecular formula is C17H13NO5. The normalized spacial score (nSPS) is 10.7. The number of nitro groups is 1. The summed E-state index contributed by atoms with van der Waals surface area (Å²) in [5.41, 5.74) is 0.853. The van der Waals surface area contributed by atoms with Gasteiger partial charge in [-0.15, -0.1) is 0 Å². The summed E-state index contributed by atoms with van der Waals surface area (Å²) in [6.07, 6.45) is 0. The Balaban J connectivity index is 2.10. The Morgan fingerprint density at radius 2 is 1.87 bits per heavy atom. The van der Waals surface area contributed by atoms with Gasteiger partial charge in [0.15, 0.2) is 0 Å². The lowest BCUT2D eigenvalue weighted by atomic mass is 10.1. The highest BCUT2D eigenvalue weighted by Crippen LogP contribution is 2.25. The highest BCUT2D eigenvalue weighted by molar-refractivity contribution is 5.83. The van der Waals surface area contributed by atoms with E-state index in [0.717, 1.165) is 5.39 Å². The van der Waals surface area contributed by atoms with Crippen molar-refractivity contribution in [2.24, 2.45) is 0 Å². The first-order valence-electron chi connectivity index (χ1n) is 7.04. The maximum absolute atomic E-state index is 12.1. The van der Waals surface area contributed by atoms with Crippen molar-refractivity contribution < 1.29 is 14.1 Å². The Morgan fingerprint density at radius 1 is 1.13 bits per heavy atom. The molecule has 116 valence electrons. The molecule has 1 heterocycles. The Kier molecular flexibility index (Phi) is 3.80. The van der Waals surface area contributed by atoms with E-state index in [4.69, 9.17) is 9.15 Å². The molecule has 23 heavy (non-hydrogen) atoms. The summed E-state index contributed by atoms with van der Waals surface area (Å²) in [7, 11) is 0. The fourth-order valence-electron chi connectivity index (χ4n) is 2.32. The van der Waals surface area contributed by atoms with Crippen LogP contribution in [0.1, 0.15) is 6.92 Å². The molecule has 0 amide bonds. The Bertz CT molecular complexity index is 928. The lowest BCUT2D eigenvalue weighted by Crippen LogP contribution is -2.03. The first-order valence-corrected chi connectivity index (χ1v) is 7.04. The van der Waals surface area contributed by atoms with E-state index >= 15 is 0 Å². The Hall–Kier alpha value is -3.15. The molecule has 0 saturated carbocycles. The van der Waals surface area contributed by atoms with Gasteiger partial charge in [-0.1, -0.05) is 0 Å². The molecule has 0 bridgehead atoms. The summed E-state index contributed by atoms with van der Waals surface area (Å²) < 4.78 is 10.8. The topological polar surface area (TPSA) is 82.6 Å². The lowest BCUT2D eigenvalue weighted by molar-refractivity contribution is -0.384. The van der Waals surface area contributed by atoms with Crippen LogP contribution in [0.4, 0.5) is 5.69 Å². The van der Waals surface area contributed by atoms with E-state index in [0.29, 0.717) is 29.1 Å². The van der Waals surface area contributed by atoms with E-state index in [2.05, 4.69) is 0 Å².